The van der Waals surface area contributed by atoms with E-state index in [0.717, 1.165) is 47.2 Å². The molecule has 0 bridgehead atoms. The van der Waals surface area contributed by atoms with E-state index in [9.17, 15) is 26.3 Å². The molecule has 0 spiro atoms. The van der Waals surface area contributed by atoms with E-state index < -0.39 is 50.3 Å². The van der Waals surface area contributed by atoms with Crippen molar-refractivity contribution in [2.24, 2.45) is 11.8 Å². The van der Waals surface area contributed by atoms with Crippen LogP contribution in [0.15, 0.2) is 96.1 Å². The molecule has 50 heavy (non-hydrogen) atoms. The summed E-state index contributed by atoms with van der Waals surface area (Å²) in [5.74, 6) is -0.911. The molecule has 6 rings (SSSR count). The molecule has 0 radical (unpaired) electrons. The maximum absolute atomic E-state index is 14.3. The van der Waals surface area contributed by atoms with E-state index in [1.807, 2.05) is 24.3 Å². The fourth-order valence-corrected chi connectivity index (χ4v) is 31.2. The normalized spacial score (nSPS) is 18.4. The number of alkyl halides is 6. The van der Waals surface area contributed by atoms with Crippen molar-refractivity contribution < 1.29 is 47.3 Å². The van der Waals surface area contributed by atoms with Crippen LogP contribution in [0.3, 0.4) is 0 Å². The Morgan fingerprint density at radius 2 is 0.920 bits per heavy atom. The number of fused-ring (bicyclic) bond motifs is 2. The van der Waals surface area contributed by atoms with E-state index in [-0.39, 0.29) is 30.2 Å². The summed E-state index contributed by atoms with van der Waals surface area (Å²) in [6.07, 6.45) is -2.72. The molecule has 4 unspecified atom stereocenters. The Kier molecular flexibility index (Phi) is 10.5. The summed E-state index contributed by atoms with van der Waals surface area (Å²) >= 11 is -2.75. The monoisotopic (exact) mass is 779 g/mol. The van der Waals surface area contributed by atoms with Gasteiger partial charge in [0.25, 0.3) is 0 Å². The van der Waals surface area contributed by atoms with Crippen molar-refractivity contribution in [2.45, 2.75) is 73.2 Å². The molecule has 0 heterocycles. The second-order valence-corrected chi connectivity index (χ2v) is 34.2. The summed E-state index contributed by atoms with van der Waals surface area (Å²) in [7, 11) is 0. The number of hydrogen-bond acceptors (Lipinski definition) is 0. The van der Waals surface area contributed by atoms with Gasteiger partial charge in [0.05, 0.1) is 0 Å². The predicted octanol–water partition coefficient (Wildman–Crippen LogP) is 13.3. The number of benzene rings is 4. The molecule has 4 aromatic carbocycles. The van der Waals surface area contributed by atoms with Crippen LogP contribution in [-0.4, -0.2) is 5.92 Å². The van der Waals surface area contributed by atoms with Gasteiger partial charge >= 0.3 is 302 Å². The number of hydrogen-bond donors (Lipinski definition) is 0. The van der Waals surface area contributed by atoms with Crippen LogP contribution in [-0.2, 0) is 33.3 Å². The second-order valence-electron chi connectivity index (χ2n) is 14.1. The zero-order valence-electron chi connectivity index (χ0n) is 29.3. The first kappa shape index (κ1) is 36.8. The Hall–Kier alpha value is -2.96. The number of rotatable bonds is 9. The van der Waals surface area contributed by atoms with Crippen LogP contribution < -0.4 is 0 Å². The number of halogens is 6. The van der Waals surface area contributed by atoms with E-state index in [1.165, 1.54) is 23.3 Å². The average Bonchev–Trinajstić information content (AvgIpc) is 3.66. The predicted molar refractivity (Wildman–Crippen MR) is 193 cm³/mol. The average molecular weight is 781 g/mol. The van der Waals surface area contributed by atoms with Crippen LogP contribution in [0.4, 0.5) is 26.3 Å². The zero-order valence-corrected chi connectivity index (χ0v) is 32.9. The minimum atomic E-state index is -4.49. The van der Waals surface area contributed by atoms with Crippen molar-refractivity contribution in [3.63, 3.8) is 0 Å². The molecule has 261 valence electrons. The molecule has 0 nitrogen and oxygen atoms in total. The van der Waals surface area contributed by atoms with Gasteiger partial charge in [0.2, 0.25) is 0 Å². The van der Waals surface area contributed by atoms with Crippen molar-refractivity contribution in [1.29, 1.82) is 0 Å². The van der Waals surface area contributed by atoms with Gasteiger partial charge in [0.1, 0.15) is 0 Å². The molecule has 0 aromatic heterocycles. The second kappa shape index (κ2) is 14.2. The summed E-state index contributed by atoms with van der Waals surface area (Å²) in [4.78, 5) is 0. The van der Waals surface area contributed by atoms with Gasteiger partial charge in [-0.25, -0.2) is 0 Å². The topological polar surface area (TPSA) is 0 Å². The Morgan fingerprint density at radius 1 is 0.560 bits per heavy atom. The van der Waals surface area contributed by atoms with Crippen LogP contribution in [0.25, 0.3) is 34.4 Å². The first-order valence-electron chi connectivity index (χ1n) is 17.6. The molecule has 8 heteroatoms. The summed E-state index contributed by atoms with van der Waals surface area (Å²) in [5, 5.41) is 0. The van der Waals surface area contributed by atoms with E-state index in [4.69, 9.17) is 0 Å². The van der Waals surface area contributed by atoms with Gasteiger partial charge in [-0.1, -0.05) is 0 Å². The van der Waals surface area contributed by atoms with E-state index in [2.05, 4.69) is 65.1 Å². The minimum absolute atomic E-state index is 0.168. The molecule has 0 amide bonds. The van der Waals surface area contributed by atoms with Crippen LogP contribution in [0.1, 0.15) is 81.2 Å². The molecular formula is C42H43F6SiZr. The summed E-state index contributed by atoms with van der Waals surface area (Å²) in [5.41, 5.74) is 7.08. The van der Waals surface area contributed by atoms with Gasteiger partial charge in [0, 0.05) is 0 Å². The molecule has 0 saturated heterocycles. The van der Waals surface area contributed by atoms with Gasteiger partial charge in [-0.15, -0.1) is 0 Å². The third-order valence-corrected chi connectivity index (χ3v) is 32.5. The van der Waals surface area contributed by atoms with Crippen molar-refractivity contribution in [3.8, 4) is 22.3 Å². The Morgan fingerprint density at radius 3 is 1.26 bits per heavy atom. The standard InChI is InChI=1S/2C20H18F3.C2H7Si.Zr/c2*1-3-13(2)15-11-14-7-6-9-16(18(14)12-15)17-8-4-5-10-19(17)20(21,22)23;1-3-2;/h2*4-13H,3H2,1-2H3;3H,1-2H3;. The van der Waals surface area contributed by atoms with Crippen LogP contribution in [0.2, 0.25) is 13.1 Å². The van der Waals surface area contributed by atoms with Crippen molar-refractivity contribution in [1.82, 2.24) is 0 Å². The molecule has 4 atom stereocenters. The SMILES string of the molecule is CCC(C)C1=Cc2c(-c3ccccc3C(F)(F)F)cccc2[CH]1[Zr]([CH]1C(C(C)CC)=Cc2c(-c3ccccc3C(F)(F)F)cccc21)[SiH](C)C. The van der Waals surface area contributed by atoms with Gasteiger partial charge in [-0.05, 0) is 0 Å². The Balaban J connectivity index is 1.58. The quantitative estimate of drug-likeness (QED) is 0.117. The van der Waals surface area contributed by atoms with Gasteiger partial charge in [0.15, 0.2) is 0 Å². The van der Waals surface area contributed by atoms with E-state index in [0.29, 0.717) is 11.1 Å². The third-order valence-electron chi connectivity index (χ3n) is 10.9. The van der Waals surface area contributed by atoms with Crippen LogP contribution in [0, 0.1) is 11.8 Å². The van der Waals surface area contributed by atoms with E-state index in [1.54, 1.807) is 24.3 Å². The first-order valence-corrected chi connectivity index (χ1v) is 27.6. The number of allylic oxidation sites excluding steroid dienone is 2. The van der Waals surface area contributed by atoms with Crippen LogP contribution >= 0.6 is 0 Å². The molecule has 0 saturated carbocycles. The van der Waals surface area contributed by atoms with Crippen LogP contribution in [0.5, 0.6) is 0 Å². The fraction of sp³-hybridized carbons (Fsp3) is 0.333. The molecule has 2 aliphatic rings. The Bertz CT molecular complexity index is 1820. The summed E-state index contributed by atoms with van der Waals surface area (Å²) in [6, 6.07) is 23.5. The van der Waals surface area contributed by atoms with Crippen molar-refractivity contribution in [3.05, 3.63) is 129 Å². The molecular weight excluding hydrogens is 738 g/mol. The van der Waals surface area contributed by atoms with E-state index >= 15 is 0 Å². The Labute approximate surface area is 300 Å². The fourth-order valence-electron chi connectivity index (χ4n) is 8.15. The molecule has 0 aliphatic heterocycles. The molecule has 0 fully saturated rings. The zero-order chi connectivity index (χ0) is 36.1. The van der Waals surface area contributed by atoms with Crippen molar-refractivity contribution >= 4 is 18.1 Å². The van der Waals surface area contributed by atoms with Gasteiger partial charge in [-0.2, -0.15) is 0 Å². The maximum atomic E-state index is 14.3. The molecule has 4 aromatic rings. The van der Waals surface area contributed by atoms with Gasteiger partial charge in [-0.3, -0.25) is 0 Å². The molecule has 2 aliphatic carbocycles. The first-order chi connectivity index (χ1) is 23.7. The summed E-state index contributed by atoms with van der Waals surface area (Å²) < 4.78 is 86.3. The molecule has 0 N–H and O–H groups in total. The summed E-state index contributed by atoms with van der Waals surface area (Å²) in [6.45, 7) is 13.7. The van der Waals surface area contributed by atoms with Gasteiger partial charge < -0.3 is 0 Å². The third kappa shape index (κ3) is 6.60. The van der Waals surface area contributed by atoms with Crippen molar-refractivity contribution in [2.75, 3.05) is 0 Å².